The van der Waals surface area contributed by atoms with Gasteiger partial charge in [0.15, 0.2) is 18.1 Å². The number of hydrogen-bond acceptors (Lipinski definition) is 8. The first-order valence-corrected chi connectivity index (χ1v) is 10.4. The second-order valence-electron chi connectivity index (χ2n) is 6.35. The monoisotopic (exact) mass is 452 g/mol. The van der Waals surface area contributed by atoms with Crippen molar-refractivity contribution in [2.45, 2.75) is 4.90 Å². The third kappa shape index (κ3) is 5.64. The van der Waals surface area contributed by atoms with Crippen LogP contribution in [0.3, 0.4) is 0 Å². The van der Waals surface area contributed by atoms with E-state index in [9.17, 15) is 18.0 Å². The minimum atomic E-state index is -3.71. The van der Waals surface area contributed by atoms with Crippen molar-refractivity contribution in [1.82, 2.24) is 4.31 Å². The fraction of sp³-hybridized carbons (Fsp3) is 0.300. The molecule has 0 bridgehead atoms. The van der Waals surface area contributed by atoms with Crippen molar-refractivity contribution in [2.75, 3.05) is 47.3 Å². The van der Waals surface area contributed by atoms with Gasteiger partial charge in [0.05, 0.1) is 31.8 Å². The zero-order chi connectivity index (χ0) is 23.2. The van der Waals surface area contributed by atoms with Crippen molar-refractivity contribution < 1.29 is 37.0 Å². The number of nitrogens with zero attached hydrogens (tertiary/aromatic N) is 1. The van der Waals surface area contributed by atoms with Crippen LogP contribution in [-0.4, -0.2) is 66.6 Å². The number of carbonyl (C=O) groups excluding carboxylic acids is 2. The predicted octanol–water partition coefficient (Wildman–Crippen LogP) is 1.76. The number of nitrogens with one attached hydrogen (secondary N) is 1. The van der Waals surface area contributed by atoms with Crippen molar-refractivity contribution in [3.05, 3.63) is 42.0 Å². The first-order valence-electron chi connectivity index (χ1n) is 8.93. The summed E-state index contributed by atoms with van der Waals surface area (Å²) >= 11 is 0. The summed E-state index contributed by atoms with van der Waals surface area (Å²) in [5, 5.41) is 2.57. The molecule has 0 unspecified atom stereocenters. The lowest BCUT2D eigenvalue weighted by Gasteiger charge is -2.14. The minimum absolute atomic E-state index is 0.00325. The van der Waals surface area contributed by atoms with Crippen LogP contribution >= 0.6 is 0 Å². The Morgan fingerprint density at radius 1 is 0.968 bits per heavy atom. The maximum Gasteiger partial charge on any atom is 0.338 e. The molecule has 10 nitrogen and oxygen atoms in total. The average Bonchev–Trinajstić information content (AvgIpc) is 2.76. The number of benzene rings is 2. The molecule has 2 aromatic carbocycles. The van der Waals surface area contributed by atoms with Gasteiger partial charge >= 0.3 is 5.97 Å². The number of anilines is 1. The van der Waals surface area contributed by atoms with E-state index in [4.69, 9.17) is 18.9 Å². The van der Waals surface area contributed by atoms with Gasteiger partial charge < -0.3 is 24.3 Å². The largest absolute Gasteiger partial charge is 0.493 e. The fourth-order valence-electron chi connectivity index (χ4n) is 2.56. The molecule has 0 radical (unpaired) electrons. The molecule has 31 heavy (non-hydrogen) atoms. The highest BCUT2D eigenvalue weighted by Gasteiger charge is 2.20. The summed E-state index contributed by atoms with van der Waals surface area (Å²) < 4.78 is 46.1. The van der Waals surface area contributed by atoms with Crippen LogP contribution in [0.15, 0.2) is 41.3 Å². The second kappa shape index (κ2) is 10.1. The molecule has 0 spiro atoms. The van der Waals surface area contributed by atoms with Crippen molar-refractivity contribution in [3.63, 3.8) is 0 Å². The van der Waals surface area contributed by atoms with Gasteiger partial charge in [-0.1, -0.05) is 6.07 Å². The van der Waals surface area contributed by atoms with E-state index >= 15 is 0 Å². The van der Waals surface area contributed by atoms with Crippen LogP contribution in [0.5, 0.6) is 17.2 Å². The number of carbonyl (C=O) groups is 2. The molecule has 0 fully saturated rings. The van der Waals surface area contributed by atoms with Crippen LogP contribution in [0, 0.1) is 0 Å². The summed E-state index contributed by atoms with van der Waals surface area (Å²) in [6.45, 7) is -0.583. The van der Waals surface area contributed by atoms with Gasteiger partial charge in [-0.25, -0.2) is 17.5 Å². The SMILES string of the molecule is COc1cc(NC(=O)COC(=O)c2cccc(S(=O)(=O)N(C)C)c2)cc(OC)c1OC. The van der Waals surface area contributed by atoms with Gasteiger partial charge in [-0.3, -0.25) is 4.79 Å². The molecule has 0 aliphatic rings. The number of amides is 1. The van der Waals surface area contributed by atoms with Gasteiger partial charge in [-0.05, 0) is 18.2 Å². The van der Waals surface area contributed by atoms with Crippen LogP contribution in [0.4, 0.5) is 5.69 Å². The van der Waals surface area contributed by atoms with E-state index in [0.717, 1.165) is 4.31 Å². The highest BCUT2D eigenvalue weighted by molar-refractivity contribution is 7.89. The maximum atomic E-state index is 12.3. The smallest absolute Gasteiger partial charge is 0.338 e. The number of hydrogen-bond donors (Lipinski definition) is 1. The molecule has 1 amide bonds. The molecule has 0 aliphatic heterocycles. The standard InChI is InChI=1S/C20H24N2O8S/c1-22(2)31(25,26)15-8-6-7-13(9-15)20(24)30-12-18(23)21-14-10-16(27-3)19(29-5)17(11-14)28-4/h6-11H,12H2,1-5H3,(H,21,23). The third-order valence-corrected chi connectivity index (χ3v) is 5.94. The van der Waals surface area contributed by atoms with Crippen LogP contribution in [0.25, 0.3) is 0 Å². The van der Waals surface area contributed by atoms with E-state index in [-0.39, 0.29) is 10.5 Å². The molecular formula is C20H24N2O8S. The fourth-order valence-corrected chi connectivity index (χ4v) is 3.51. The first kappa shape index (κ1) is 24.0. The Morgan fingerprint density at radius 2 is 1.58 bits per heavy atom. The number of ether oxygens (including phenoxy) is 4. The Balaban J connectivity index is 2.08. The first-order chi connectivity index (χ1) is 14.6. The second-order valence-corrected chi connectivity index (χ2v) is 8.51. The Labute approximate surface area is 180 Å². The molecular weight excluding hydrogens is 428 g/mol. The normalized spacial score (nSPS) is 11.0. The van der Waals surface area contributed by atoms with Crippen LogP contribution in [-0.2, 0) is 19.6 Å². The lowest BCUT2D eigenvalue weighted by Crippen LogP contribution is -2.23. The highest BCUT2D eigenvalue weighted by atomic mass is 32.2. The van der Waals surface area contributed by atoms with E-state index in [0.29, 0.717) is 22.9 Å². The Morgan fingerprint density at radius 3 is 2.10 bits per heavy atom. The molecule has 2 aromatic rings. The maximum absolute atomic E-state index is 12.3. The van der Waals surface area contributed by atoms with Crippen molar-refractivity contribution >= 4 is 27.6 Å². The molecule has 0 saturated heterocycles. The average molecular weight is 452 g/mol. The molecule has 168 valence electrons. The zero-order valence-electron chi connectivity index (χ0n) is 17.8. The summed E-state index contributed by atoms with van der Waals surface area (Å²) in [5.41, 5.74) is 0.345. The van der Waals surface area contributed by atoms with E-state index in [1.165, 1.54) is 71.8 Å². The van der Waals surface area contributed by atoms with E-state index in [2.05, 4.69) is 5.32 Å². The summed E-state index contributed by atoms with van der Waals surface area (Å²) in [6, 6.07) is 8.42. The van der Waals surface area contributed by atoms with Gasteiger partial charge in [0, 0.05) is 31.9 Å². The lowest BCUT2D eigenvalue weighted by molar-refractivity contribution is -0.119. The molecule has 11 heteroatoms. The van der Waals surface area contributed by atoms with Crippen molar-refractivity contribution in [2.24, 2.45) is 0 Å². The van der Waals surface area contributed by atoms with Gasteiger partial charge in [0.1, 0.15) is 0 Å². The highest BCUT2D eigenvalue weighted by Crippen LogP contribution is 2.39. The topological polar surface area (TPSA) is 120 Å². The van der Waals surface area contributed by atoms with Gasteiger partial charge in [0.2, 0.25) is 15.8 Å². The third-order valence-electron chi connectivity index (χ3n) is 4.13. The summed E-state index contributed by atoms with van der Waals surface area (Å²) in [6.07, 6.45) is 0. The van der Waals surface area contributed by atoms with E-state index in [1.54, 1.807) is 0 Å². The number of esters is 1. The van der Waals surface area contributed by atoms with Crippen LogP contribution in [0.2, 0.25) is 0 Å². The van der Waals surface area contributed by atoms with Gasteiger partial charge in [-0.2, -0.15) is 0 Å². The Bertz CT molecular complexity index is 1040. The van der Waals surface area contributed by atoms with E-state index < -0.39 is 28.5 Å². The van der Waals surface area contributed by atoms with Gasteiger partial charge in [-0.15, -0.1) is 0 Å². The van der Waals surface area contributed by atoms with Crippen LogP contribution < -0.4 is 19.5 Å². The zero-order valence-corrected chi connectivity index (χ0v) is 18.6. The number of rotatable bonds is 9. The van der Waals surface area contributed by atoms with Crippen LogP contribution in [0.1, 0.15) is 10.4 Å². The minimum Gasteiger partial charge on any atom is -0.493 e. The summed E-state index contributed by atoms with van der Waals surface area (Å²) in [7, 11) is 3.39. The molecule has 0 heterocycles. The predicted molar refractivity (Wildman–Crippen MR) is 112 cm³/mol. The van der Waals surface area contributed by atoms with E-state index in [1.807, 2.05) is 0 Å². The van der Waals surface area contributed by atoms with Gasteiger partial charge in [0.25, 0.3) is 5.91 Å². The van der Waals surface area contributed by atoms with Crippen molar-refractivity contribution in [3.8, 4) is 17.2 Å². The number of methoxy groups -OCH3 is 3. The molecule has 0 saturated carbocycles. The number of sulfonamides is 1. The summed E-state index contributed by atoms with van der Waals surface area (Å²) in [5.74, 6) is -0.404. The Hall–Kier alpha value is -3.31. The van der Waals surface area contributed by atoms with Crippen molar-refractivity contribution in [1.29, 1.82) is 0 Å². The molecule has 2 rings (SSSR count). The Kier molecular flexibility index (Phi) is 7.83. The molecule has 0 aliphatic carbocycles. The molecule has 0 aromatic heterocycles. The quantitative estimate of drug-likeness (QED) is 0.572. The molecule has 0 atom stereocenters. The summed E-state index contributed by atoms with van der Waals surface area (Å²) in [4.78, 5) is 24.4. The lowest BCUT2D eigenvalue weighted by atomic mass is 10.2. The molecule has 1 N–H and O–H groups in total.